The average Bonchev–Trinajstić information content (AvgIpc) is 2.78. The maximum absolute atomic E-state index is 12.6. The molecule has 0 saturated carbocycles. The summed E-state index contributed by atoms with van der Waals surface area (Å²) in [6.45, 7) is 4.75. The van der Waals surface area contributed by atoms with E-state index in [2.05, 4.69) is 5.10 Å². The first kappa shape index (κ1) is 17.5. The largest absolute Gasteiger partial charge is 0.469 e. The van der Waals surface area contributed by atoms with E-state index in [1.54, 1.807) is 0 Å². The number of methoxy groups -OCH3 is 1. The summed E-state index contributed by atoms with van der Waals surface area (Å²) >= 11 is 0. The molecule has 1 saturated heterocycles. The van der Waals surface area contributed by atoms with E-state index in [0.717, 1.165) is 42.8 Å². The van der Waals surface area contributed by atoms with Crippen LogP contribution in [0, 0.1) is 13.8 Å². The minimum absolute atomic E-state index is 0.0141. The molecule has 0 spiro atoms. The van der Waals surface area contributed by atoms with Crippen molar-refractivity contribution in [3.63, 3.8) is 0 Å². The number of ether oxygens (including phenoxy) is 1. The second-order valence-corrected chi connectivity index (χ2v) is 6.29. The fraction of sp³-hybridized carbons (Fsp3) is 0.706. The van der Waals surface area contributed by atoms with Gasteiger partial charge in [0.25, 0.3) is 0 Å². The summed E-state index contributed by atoms with van der Waals surface area (Å²) in [5.74, 6) is -0.116. The van der Waals surface area contributed by atoms with E-state index in [9.17, 15) is 9.59 Å². The fourth-order valence-electron chi connectivity index (χ4n) is 3.37. The van der Waals surface area contributed by atoms with Gasteiger partial charge in [0.1, 0.15) is 0 Å². The third kappa shape index (κ3) is 4.12. The molecule has 0 radical (unpaired) electrons. The van der Waals surface area contributed by atoms with Gasteiger partial charge in [-0.25, -0.2) is 0 Å². The molecule has 128 valence electrons. The normalized spacial score (nSPS) is 18.1. The zero-order chi connectivity index (χ0) is 17.0. The number of esters is 1. The Bertz CT molecular complexity index is 580. The number of hydrogen-bond acceptors (Lipinski definition) is 4. The number of likely N-dealkylation sites (tertiary alicyclic amines) is 1. The highest BCUT2D eigenvalue weighted by molar-refractivity contribution is 5.78. The van der Waals surface area contributed by atoms with Crippen LogP contribution in [0.3, 0.4) is 0 Å². The molecule has 0 aromatic carbocycles. The quantitative estimate of drug-likeness (QED) is 0.777. The second-order valence-electron chi connectivity index (χ2n) is 6.29. The monoisotopic (exact) mass is 321 g/mol. The highest BCUT2D eigenvalue weighted by Crippen LogP contribution is 2.22. The summed E-state index contributed by atoms with van der Waals surface area (Å²) in [5, 5.41) is 4.40. The summed E-state index contributed by atoms with van der Waals surface area (Å²) in [5.41, 5.74) is 3.25. The Kier molecular flexibility index (Phi) is 5.80. The third-order valence-corrected chi connectivity index (χ3v) is 4.83. The minimum Gasteiger partial charge on any atom is -0.469 e. The molecule has 0 N–H and O–H groups in total. The van der Waals surface area contributed by atoms with E-state index in [-0.39, 0.29) is 17.9 Å². The van der Waals surface area contributed by atoms with Gasteiger partial charge in [-0.2, -0.15) is 5.10 Å². The Morgan fingerprint density at radius 2 is 2.04 bits per heavy atom. The van der Waals surface area contributed by atoms with E-state index in [0.29, 0.717) is 19.3 Å². The molecule has 23 heavy (non-hydrogen) atoms. The number of carbonyl (C=O) groups excluding carboxylic acids is 2. The Labute approximate surface area is 137 Å². The van der Waals surface area contributed by atoms with Crippen LogP contribution in [-0.4, -0.2) is 46.3 Å². The van der Waals surface area contributed by atoms with Gasteiger partial charge < -0.3 is 9.64 Å². The number of carbonyl (C=O) groups is 2. The molecule has 6 heteroatoms. The molecule has 1 aromatic heterocycles. The van der Waals surface area contributed by atoms with Crippen LogP contribution in [0.2, 0.25) is 0 Å². The standard InChI is InChI=1S/C17H27N3O3/c1-12-15(13(2)19(3)18-12)8-9-16(21)20-10-6-5-7-14(20)11-17(22)23-4/h14H,5-11H2,1-4H3. The van der Waals surface area contributed by atoms with Crippen LogP contribution in [0.15, 0.2) is 0 Å². The summed E-state index contributed by atoms with van der Waals surface area (Å²) in [6, 6.07) is -0.0141. The molecular formula is C17H27N3O3. The third-order valence-electron chi connectivity index (χ3n) is 4.83. The number of nitrogens with zero attached hydrogens (tertiary/aromatic N) is 3. The first-order valence-corrected chi connectivity index (χ1v) is 8.29. The highest BCUT2D eigenvalue weighted by atomic mass is 16.5. The molecule has 1 amide bonds. The van der Waals surface area contributed by atoms with Crippen LogP contribution in [-0.2, 0) is 27.8 Å². The Morgan fingerprint density at radius 1 is 1.30 bits per heavy atom. The maximum atomic E-state index is 12.6. The molecule has 1 fully saturated rings. The minimum atomic E-state index is -0.242. The number of hydrogen-bond donors (Lipinski definition) is 0. The van der Waals surface area contributed by atoms with Gasteiger partial charge in [0.2, 0.25) is 5.91 Å². The van der Waals surface area contributed by atoms with E-state index in [1.807, 2.05) is 30.5 Å². The fourth-order valence-corrected chi connectivity index (χ4v) is 3.37. The molecule has 1 aromatic rings. The molecule has 2 rings (SSSR count). The average molecular weight is 321 g/mol. The van der Waals surface area contributed by atoms with Crippen LogP contribution < -0.4 is 0 Å². The van der Waals surface area contributed by atoms with Crippen LogP contribution in [0.4, 0.5) is 0 Å². The first-order valence-electron chi connectivity index (χ1n) is 8.29. The lowest BCUT2D eigenvalue weighted by atomic mass is 9.98. The van der Waals surface area contributed by atoms with Gasteiger partial charge in [-0.05, 0) is 45.1 Å². The number of rotatable bonds is 5. The molecular weight excluding hydrogens is 294 g/mol. The second kappa shape index (κ2) is 7.62. The van der Waals surface area contributed by atoms with Gasteiger partial charge in [0, 0.05) is 31.7 Å². The molecule has 0 bridgehead atoms. The van der Waals surface area contributed by atoms with Crippen molar-refractivity contribution >= 4 is 11.9 Å². The SMILES string of the molecule is COC(=O)CC1CCCCN1C(=O)CCc1c(C)nn(C)c1C. The van der Waals surface area contributed by atoms with Crippen LogP contribution in [0.5, 0.6) is 0 Å². The Balaban J connectivity index is 1.98. The lowest BCUT2D eigenvalue weighted by molar-refractivity contribution is -0.144. The maximum Gasteiger partial charge on any atom is 0.307 e. The van der Waals surface area contributed by atoms with Gasteiger partial charge >= 0.3 is 5.97 Å². The van der Waals surface area contributed by atoms with E-state index in [4.69, 9.17) is 4.74 Å². The number of amides is 1. The number of aryl methyl sites for hydroxylation is 2. The molecule has 6 nitrogen and oxygen atoms in total. The number of piperidine rings is 1. The lowest BCUT2D eigenvalue weighted by Crippen LogP contribution is -2.45. The van der Waals surface area contributed by atoms with Crippen molar-refractivity contribution in [2.75, 3.05) is 13.7 Å². The summed E-state index contributed by atoms with van der Waals surface area (Å²) in [7, 11) is 3.32. The van der Waals surface area contributed by atoms with Crippen molar-refractivity contribution in [3.05, 3.63) is 17.0 Å². The Morgan fingerprint density at radius 3 is 2.65 bits per heavy atom. The van der Waals surface area contributed by atoms with Gasteiger partial charge in [0.15, 0.2) is 0 Å². The first-order chi connectivity index (χ1) is 10.9. The molecule has 2 heterocycles. The summed E-state index contributed by atoms with van der Waals surface area (Å²) < 4.78 is 6.61. The van der Waals surface area contributed by atoms with E-state index < -0.39 is 0 Å². The molecule has 0 aliphatic carbocycles. The molecule has 1 aliphatic heterocycles. The van der Waals surface area contributed by atoms with Crippen LogP contribution in [0.1, 0.15) is 49.1 Å². The Hall–Kier alpha value is -1.85. The molecule has 1 atom stereocenters. The highest BCUT2D eigenvalue weighted by Gasteiger charge is 2.28. The number of aromatic nitrogens is 2. The van der Waals surface area contributed by atoms with Crippen molar-refractivity contribution in [3.8, 4) is 0 Å². The zero-order valence-electron chi connectivity index (χ0n) is 14.6. The smallest absolute Gasteiger partial charge is 0.307 e. The van der Waals surface area contributed by atoms with E-state index in [1.165, 1.54) is 7.11 Å². The zero-order valence-corrected chi connectivity index (χ0v) is 14.6. The van der Waals surface area contributed by atoms with Crippen molar-refractivity contribution in [2.45, 2.75) is 58.4 Å². The topological polar surface area (TPSA) is 64.4 Å². The predicted molar refractivity (Wildman–Crippen MR) is 87.0 cm³/mol. The van der Waals surface area contributed by atoms with Gasteiger partial charge in [-0.3, -0.25) is 14.3 Å². The molecule has 1 unspecified atom stereocenters. The van der Waals surface area contributed by atoms with Crippen molar-refractivity contribution < 1.29 is 14.3 Å². The van der Waals surface area contributed by atoms with Crippen molar-refractivity contribution in [1.82, 2.24) is 14.7 Å². The lowest BCUT2D eigenvalue weighted by Gasteiger charge is -2.35. The van der Waals surface area contributed by atoms with Gasteiger partial charge in [0.05, 0.1) is 19.2 Å². The van der Waals surface area contributed by atoms with Gasteiger partial charge in [-0.1, -0.05) is 0 Å². The van der Waals surface area contributed by atoms with Crippen LogP contribution in [0.25, 0.3) is 0 Å². The van der Waals surface area contributed by atoms with Gasteiger partial charge in [-0.15, -0.1) is 0 Å². The molecule has 1 aliphatic rings. The summed E-state index contributed by atoms with van der Waals surface area (Å²) in [4.78, 5) is 26.1. The van der Waals surface area contributed by atoms with Crippen molar-refractivity contribution in [2.24, 2.45) is 7.05 Å². The van der Waals surface area contributed by atoms with Crippen molar-refractivity contribution in [1.29, 1.82) is 0 Å². The summed E-state index contributed by atoms with van der Waals surface area (Å²) in [6.07, 6.45) is 4.41. The van der Waals surface area contributed by atoms with E-state index >= 15 is 0 Å². The predicted octanol–water partition coefficient (Wildman–Crippen LogP) is 1.91. The van der Waals surface area contributed by atoms with Crippen LogP contribution >= 0.6 is 0 Å².